The van der Waals surface area contributed by atoms with E-state index in [0.717, 1.165) is 4.90 Å². The monoisotopic (exact) mass is 370 g/mol. The van der Waals surface area contributed by atoms with Crippen LogP contribution in [0.15, 0.2) is 4.99 Å². The predicted molar refractivity (Wildman–Crippen MR) is 87.8 cm³/mol. The van der Waals surface area contributed by atoms with Gasteiger partial charge in [-0.05, 0) is 6.92 Å². The summed E-state index contributed by atoms with van der Waals surface area (Å²) < 4.78 is 0. The highest BCUT2D eigenvalue weighted by Gasteiger charge is 2.68. The molecule has 0 spiro atoms. The van der Waals surface area contributed by atoms with Gasteiger partial charge in [0.25, 0.3) is 0 Å². The van der Waals surface area contributed by atoms with Crippen molar-refractivity contribution < 1.29 is 29.9 Å². The number of nitrogens with zero attached hydrogens (tertiary/aromatic N) is 3. The van der Waals surface area contributed by atoms with Crippen molar-refractivity contribution >= 4 is 23.7 Å². The molecular formula is C14H24N7O5+. The van der Waals surface area contributed by atoms with Gasteiger partial charge >= 0.3 is 5.96 Å². The number of rotatable bonds is 3. The lowest BCUT2D eigenvalue weighted by Gasteiger charge is -2.49. The van der Waals surface area contributed by atoms with Gasteiger partial charge in [0.1, 0.15) is 23.7 Å². The van der Waals surface area contributed by atoms with Gasteiger partial charge in [-0.25, -0.2) is 4.99 Å². The zero-order valence-electron chi connectivity index (χ0n) is 14.3. The highest BCUT2D eigenvalue weighted by atomic mass is 16.5. The summed E-state index contributed by atoms with van der Waals surface area (Å²) in [5, 5.41) is 31.3. The van der Waals surface area contributed by atoms with Crippen molar-refractivity contribution in [3.63, 3.8) is 0 Å². The van der Waals surface area contributed by atoms with Gasteiger partial charge in [0.05, 0.1) is 13.1 Å². The lowest BCUT2D eigenvalue weighted by Crippen LogP contribution is -2.96. The fraction of sp³-hybridized carbons (Fsp3) is 0.714. The number of aliphatic hydroxyl groups excluding tert-OH is 1. The highest BCUT2D eigenvalue weighted by Crippen LogP contribution is 2.41. The van der Waals surface area contributed by atoms with Crippen LogP contribution in [0.5, 0.6) is 0 Å². The summed E-state index contributed by atoms with van der Waals surface area (Å²) in [7, 11) is 0. The van der Waals surface area contributed by atoms with Gasteiger partial charge in [0, 0.05) is 12.8 Å². The number of likely N-dealkylation sites (tertiary alicyclic amines) is 1. The first-order valence-corrected chi connectivity index (χ1v) is 8.21. The summed E-state index contributed by atoms with van der Waals surface area (Å²) in [5.41, 5.74) is 15.5. The van der Waals surface area contributed by atoms with Crippen LogP contribution >= 0.6 is 0 Å². The molecule has 3 aliphatic heterocycles. The van der Waals surface area contributed by atoms with Crippen LogP contribution in [-0.4, -0.2) is 91.5 Å². The second-order valence-electron chi connectivity index (χ2n) is 7.03. The Morgan fingerprint density at radius 2 is 1.88 bits per heavy atom. The van der Waals surface area contributed by atoms with Crippen LogP contribution in [0.1, 0.15) is 19.8 Å². The van der Waals surface area contributed by atoms with E-state index in [1.807, 2.05) is 0 Å². The van der Waals surface area contributed by atoms with Crippen LogP contribution in [0.25, 0.3) is 0 Å². The maximum absolute atomic E-state index is 12.0. The van der Waals surface area contributed by atoms with Crippen molar-refractivity contribution in [2.75, 3.05) is 13.1 Å². The Labute approximate surface area is 149 Å². The van der Waals surface area contributed by atoms with Crippen LogP contribution < -0.4 is 22.2 Å². The molecule has 10 N–H and O–H groups in total. The molecule has 0 bridgehead atoms. The summed E-state index contributed by atoms with van der Waals surface area (Å²) in [6.07, 6.45) is -1.31. The molecule has 3 rings (SSSR count). The van der Waals surface area contributed by atoms with Crippen molar-refractivity contribution in [3.05, 3.63) is 0 Å². The zero-order chi connectivity index (χ0) is 19.4. The fourth-order valence-electron chi connectivity index (χ4n) is 4.02. The minimum atomic E-state index is -2.57. The number of carbonyl (C=O) groups is 2. The van der Waals surface area contributed by atoms with E-state index in [0.29, 0.717) is 0 Å². The average molecular weight is 370 g/mol. The van der Waals surface area contributed by atoms with Gasteiger partial charge in [-0.15, -0.1) is 0 Å². The Morgan fingerprint density at radius 1 is 1.31 bits per heavy atom. The maximum atomic E-state index is 12.0. The lowest BCUT2D eigenvalue weighted by molar-refractivity contribution is -0.538. The number of hydrogen-bond acceptors (Lipinski definition) is 8. The van der Waals surface area contributed by atoms with Crippen LogP contribution in [0.2, 0.25) is 0 Å². The smallest absolute Gasteiger partial charge is 0.339 e. The van der Waals surface area contributed by atoms with Gasteiger partial charge in [-0.2, -0.15) is 0 Å². The second kappa shape index (κ2) is 5.79. The average Bonchev–Trinajstić information content (AvgIpc) is 2.94. The third-order valence-electron chi connectivity index (χ3n) is 5.54. The van der Waals surface area contributed by atoms with Crippen molar-refractivity contribution in [2.24, 2.45) is 22.2 Å². The fourth-order valence-corrected chi connectivity index (χ4v) is 4.02. The van der Waals surface area contributed by atoms with E-state index in [9.17, 15) is 24.9 Å². The molecule has 26 heavy (non-hydrogen) atoms. The van der Waals surface area contributed by atoms with Crippen LogP contribution in [0.3, 0.4) is 0 Å². The highest BCUT2D eigenvalue weighted by molar-refractivity contribution is 6.02. The molecule has 2 fully saturated rings. The van der Waals surface area contributed by atoms with E-state index in [1.165, 1.54) is 11.8 Å². The van der Waals surface area contributed by atoms with E-state index < -0.39 is 29.5 Å². The maximum Gasteiger partial charge on any atom is 0.339 e. The molecule has 3 heterocycles. The molecule has 0 aliphatic carbocycles. The van der Waals surface area contributed by atoms with E-state index in [4.69, 9.17) is 17.2 Å². The molecule has 12 heteroatoms. The molecule has 144 valence electrons. The third kappa shape index (κ3) is 2.40. The summed E-state index contributed by atoms with van der Waals surface area (Å²) in [4.78, 5) is 33.3. The number of β-amino-alcohol motifs (C(OH)–C–C–N with tert-alkyl or cyclic N) is 1. The standard InChI is InChI=1S/C14H23N7O5/c1-13-10(19-11(15)16)6(4-20-8(23)2-3-9(20)24)18-12(17)21(13)5-7(22)14(13,25)26/h6-7,10,22,25-26H,2-5H2,1H3,(H2,17,18)(H4,15,16,19)/p+1/t6-,7-,10?,13-/m0/s1. The molecule has 0 aromatic rings. The number of aliphatic hydroxyl groups is 3. The Morgan fingerprint density at radius 3 is 2.42 bits per heavy atom. The van der Waals surface area contributed by atoms with E-state index in [1.54, 1.807) is 0 Å². The van der Waals surface area contributed by atoms with E-state index in [2.05, 4.69) is 9.98 Å². The van der Waals surface area contributed by atoms with E-state index in [-0.39, 0.29) is 49.7 Å². The number of amides is 2. The Hall–Kier alpha value is -2.44. The van der Waals surface area contributed by atoms with Crippen molar-refractivity contribution in [3.8, 4) is 0 Å². The molecular weight excluding hydrogens is 346 g/mol. The quantitative estimate of drug-likeness (QED) is 0.109. The number of guanidine groups is 2. The molecule has 0 aromatic carbocycles. The van der Waals surface area contributed by atoms with E-state index >= 15 is 0 Å². The summed E-state index contributed by atoms with van der Waals surface area (Å²) in [6.45, 7) is 1.17. The molecule has 2 saturated heterocycles. The van der Waals surface area contributed by atoms with Crippen LogP contribution in [0, 0.1) is 0 Å². The summed E-state index contributed by atoms with van der Waals surface area (Å²) in [5.74, 6) is -3.52. The topological polar surface area (TPSA) is 206 Å². The Kier molecular flexibility index (Phi) is 4.09. The minimum absolute atomic E-state index is 0.0470. The Bertz CT molecular complexity index is 688. The predicted octanol–water partition coefficient (Wildman–Crippen LogP) is -6.33. The summed E-state index contributed by atoms with van der Waals surface area (Å²) in [6, 6.07) is -1.80. The number of fused-ring (bicyclic) bond motifs is 1. The van der Waals surface area contributed by atoms with Gasteiger partial charge in [0.2, 0.25) is 17.6 Å². The number of nitrogens with two attached hydrogens (primary N) is 3. The molecule has 1 unspecified atom stereocenters. The SMILES string of the molecule is C[C@@]12C([NH+]=C(N)N)[C@H](CN3C(=O)CCC3=O)N=C(N)N1C[C@H](O)C2(O)O. The van der Waals surface area contributed by atoms with Gasteiger partial charge < -0.3 is 26.0 Å². The molecule has 12 nitrogen and oxygen atoms in total. The van der Waals surface area contributed by atoms with Crippen LogP contribution in [0.4, 0.5) is 0 Å². The number of aliphatic imine (C=N–C) groups is 1. The van der Waals surface area contributed by atoms with Gasteiger partial charge in [-0.3, -0.25) is 30.9 Å². The molecule has 3 aliphatic rings. The number of imide groups is 1. The minimum Gasteiger partial charge on any atom is -0.386 e. The first-order valence-electron chi connectivity index (χ1n) is 8.21. The number of nitrogens with one attached hydrogen (secondary N) is 1. The number of hydrogen-bond donors (Lipinski definition) is 7. The largest absolute Gasteiger partial charge is 0.386 e. The zero-order valence-corrected chi connectivity index (χ0v) is 14.3. The van der Waals surface area contributed by atoms with Crippen molar-refractivity contribution in [1.82, 2.24) is 9.80 Å². The van der Waals surface area contributed by atoms with Crippen LogP contribution in [-0.2, 0) is 9.59 Å². The first kappa shape index (κ1) is 18.4. The molecule has 0 aromatic heterocycles. The second-order valence-corrected chi connectivity index (χ2v) is 7.03. The number of carbonyl (C=O) groups excluding carboxylic acids is 2. The normalized spacial score (nSPS) is 36.2. The third-order valence-corrected chi connectivity index (χ3v) is 5.54. The Balaban J connectivity index is 2.06. The molecule has 4 atom stereocenters. The molecule has 0 radical (unpaired) electrons. The lowest BCUT2D eigenvalue weighted by atomic mass is 9.78. The van der Waals surface area contributed by atoms with Gasteiger partial charge in [-0.1, -0.05) is 0 Å². The van der Waals surface area contributed by atoms with Crippen molar-refractivity contribution in [2.45, 2.75) is 49.3 Å². The molecule has 2 amide bonds. The molecule has 0 saturated carbocycles. The van der Waals surface area contributed by atoms with Crippen molar-refractivity contribution in [1.29, 1.82) is 0 Å². The first-order chi connectivity index (χ1) is 12.0. The summed E-state index contributed by atoms with van der Waals surface area (Å²) >= 11 is 0. The van der Waals surface area contributed by atoms with Gasteiger partial charge in [0.15, 0.2) is 5.96 Å².